The van der Waals surface area contributed by atoms with Gasteiger partial charge in [0.05, 0.1) is 11.7 Å². The molecule has 2 rings (SSSR count). The minimum atomic E-state index is -2.08. The number of amides is 1. The molecule has 0 radical (unpaired) electrons. The number of anilines is 2. The number of aliphatic hydroxyl groups is 1. The maximum absolute atomic E-state index is 11.7. The van der Waals surface area contributed by atoms with Crippen LogP contribution < -0.4 is 16.4 Å². The van der Waals surface area contributed by atoms with Gasteiger partial charge in [-0.25, -0.2) is 4.98 Å². The Kier molecular flexibility index (Phi) is 3.94. The Hall–Kier alpha value is -1.89. The van der Waals surface area contributed by atoms with Crippen LogP contribution in [0.2, 0.25) is 0 Å². The zero-order valence-electron chi connectivity index (χ0n) is 17.0. The van der Waals surface area contributed by atoms with E-state index in [-0.39, 0.29) is 22.9 Å². The zero-order chi connectivity index (χ0) is 19.9. The summed E-state index contributed by atoms with van der Waals surface area (Å²) in [5.41, 5.74) is 5.11. The van der Waals surface area contributed by atoms with E-state index in [2.05, 4.69) is 20.6 Å². The third-order valence-electron chi connectivity index (χ3n) is 3.51. The standard InChI is InChI=1S/C16H27N5O2/c1-9-5-6-10(7-12(9)22)19-14-11(13(17)23)8-18-15(20-14)21-16(2,3)4/h8-10,12,22H,5-7H2,1-4H3,(H2,17,23)(H2,18,19,20,21)/i7D2,9D. The Morgan fingerprint density at radius 2 is 2.22 bits per heavy atom. The highest BCUT2D eigenvalue weighted by atomic mass is 16.3. The van der Waals surface area contributed by atoms with E-state index >= 15 is 0 Å². The second kappa shape index (κ2) is 6.70. The van der Waals surface area contributed by atoms with E-state index in [1.165, 1.54) is 13.1 Å². The number of primary amides is 1. The summed E-state index contributed by atoms with van der Waals surface area (Å²) in [5, 5.41) is 16.2. The monoisotopic (exact) mass is 324 g/mol. The van der Waals surface area contributed by atoms with Gasteiger partial charge in [0.25, 0.3) is 5.91 Å². The molecule has 1 aliphatic rings. The third-order valence-corrected chi connectivity index (χ3v) is 3.51. The van der Waals surface area contributed by atoms with Gasteiger partial charge < -0.3 is 21.5 Å². The van der Waals surface area contributed by atoms with E-state index in [4.69, 9.17) is 9.85 Å². The molecule has 7 heteroatoms. The molecule has 0 aliphatic heterocycles. The number of hydrogen-bond donors (Lipinski definition) is 4. The fraction of sp³-hybridized carbons (Fsp3) is 0.688. The van der Waals surface area contributed by atoms with Crippen molar-refractivity contribution in [1.29, 1.82) is 0 Å². The summed E-state index contributed by atoms with van der Waals surface area (Å²) in [4.78, 5) is 20.0. The second-order valence-electron chi connectivity index (χ2n) is 6.85. The first kappa shape index (κ1) is 13.5. The fourth-order valence-electron chi connectivity index (χ4n) is 2.27. The van der Waals surface area contributed by atoms with Crippen LogP contribution in [0.1, 0.15) is 61.4 Å². The smallest absolute Gasteiger partial charge is 0.254 e. The summed E-state index contributed by atoms with van der Waals surface area (Å²) in [7, 11) is 0. The molecule has 0 bridgehead atoms. The van der Waals surface area contributed by atoms with Gasteiger partial charge in [-0.1, -0.05) is 6.92 Å². The van der Waals surface area contributed by atoms with Crippen molar-refractivity contribution in [2.24, 2.45) is 11.6 Å². The normalized spacial score (nSPS) is 32.3. The van der Waals surface area contributed by atoms with Crippen molar-refractivity contribution in [3.05, 3.63) is 11.8 Å². The Labute approximate surface area is 141 Å². The molecule has 0 aromatic carbocycles. The van der Waals surface area contributed by atoms with Gasteiger partial charge in [0.15, 0.2) is 0 Å². The number of hydrogen-bond acceptors (Lipinski definition) is 6. The van der Waals surface area contributed by atoms with Crippen molar-refractivity contribution in [2.45, 2.75) is 64.6 Å². The van der Waals surface area contributed by atoms with Gasteiger partial charge in [-0.3, -0.25) is 4.79 Å². The molecule has 3 atom stereocenters. The largest absolute Gasteiger partial charge is 0.393 e. The SMILES string of the molecule is [2H]C1(C)CCC(Nc2nc(NC(C)(C)C)ncc2C(N)=O)C([2H])([2H])C1O. The predicted molar refractivity (Wildman–Crippen MR) is 90.4 cm³/mol. The molecule has 3 unspecified atom stereocenters. The number of nitrogens with two attached hydrogens (primary N) is 1. The molecule has 0 saturated heterocycles. The minimum Gasteiger partial charge on any atom is -0.393 e. The summed E-state index contributed by atoms with van der Waals surface area (Å²) in [6, 6.07) is -0.827. The highest BCUT2D eigenvalue weighted by molar-refractivity contribution is 5.97. The van der Waals surface area contributed by atoms with E-state index in [9.17, 15) is 9.90 Å². The number of carbonyl (C=O) groups excluding carboxylic acids is 1. The lowest BCUT2D eigenvalue weighted by molar-refractivity contribution is 0.0739. The summed E-state index contributed by atoms with van der Waals surface area (Å²) >= 11 is 0. The molecule has 5 N–H and O–H groups in total. The van der Waals surface area contributed by atoms with Gasteiger partial charge in [0.1, 0.15) is 5.82 Å². The van der Waals surface area contributed by atoms with Gasteiger partial charge in [0.2, 0.25) is 5.95 Å². The fourth-order valence-corrected chi connectivity index (χ4v) is 2.27. The van der Waals surface area contributed by atoms with E-state index < -0.39 is 30.3 Å². The molecule has 128 valence electrons. The molecule has 1 aliphatic carbocycles. The Balaban J connectivity index is 2.35. The van der Waals surface area contributed by atoms with Crippen LogP contribution >= 0.6 is 0 Å². The van der Waals surface area contributed by atoms with Gasteiger partial charge in [-0.15, -0.1) is 0 Å². The van der Waals surface area contributed by atoms with E-state index in [0.717, 1.165) is 0 Å². The third kappa shape index (κ3) is 4.79. The van der Waals surface area contributed by atoms with Gasteiger partial charge in [0, 0.05) is 21.9 Å². The average Bonchev–Trinajstić information content (AvgIpc) is 2.47. The molecular formula is C16H27N5O2. The molecule has 1 saturated carbocycles. The van der Waals surface area contributed by atoms with Crippen LogP contribution in [0.3, 0.4) is 0 Å². The van der Waals surface area contributed by atoms with Gasteiger partial charge >= 0.3 is 0 Å². The maximum Gasteiger partial charge on any atom is 0.254 e. The summed E-state index contributed by atoms with van der Waals surface area (Å²) in [5.74, 6) is -1.64. The second-order valence-corrected chi connectivity index (χ2v) is 6.85. The number of carbonyl (C=O) groups is 1. The van der Waals surface area contributed by atoms with Crippen LogP contribution in [-0.4, -0.2) is 38.7 Å². The first-order chi connectivity index (χ1) is 11.7. The predicted octanol–water partition coefficient (Wildman–Crippen LogP) is 1.75. The van der Waals surface area contributed by atoms with Crippen LogP contribution in [0.25, 0.3) is 0 Å². The molecular weight excluding hydrogens is 294 g/mol. The van der Waals surface area contributed by atoms with Crippen LogP contribution in [0.5, 0.6) is 0 Å². The minimum absolute atomic E-state index is 0.0361. The van der Waals surface area contributed by atoms with Crippen molar-refractivity contribution in [2.75, 3.05) is 10.6 Å². The van der Waals surface area contributed by atoms with Crippen molar-refractivity contribution < 1.29 is 14.0 Å². The lowest BCUT2D eigenvalue weighted by Crippen LogP contribution is -2.36. The molecule has 1 aromatic rings. The van der Waals surface area contributed by atoms with Gasteiger partial charge in [-0.2, -0.15) is 4.98 Å². The van der Waals surface area contributed by atoms with Gasteiger partial charge in [-0.05, 0) is 45.9 Å². The molecule has 0 spiro atoms. The Morgan fingerprint density at radius 1 is 1.52 bits per heavy atom. The van der Waals surface area contributed by atoms with Crippen molar-refractivity contribution in [1.82, 2.24) is 9.97 Å². The topological polar surface area (TPSA) is 113 Å². The van der Waals surface area contributed by atoms with Crippen LogP contribution in [0.4, 0.5) is 11.8 Å². The van der Waals surface area contributed by atoms with Crippen molar-refractivity contribution in [3.8, 4) is 0 Å². The summed E-state index contributed by atoms with van der Waals surface area (Å²) in [6.07, 6.45) is -1.67. The molecule has 1 heterocycles. The molecule has 23 heavy (non-hydrogen) atoms. The molecule has 1 fully saturated rings. The molecule has 1 aromatic heterocycles. The number of nitrogens with one attached hydrogen (secondary N) is 2. The van der Waals surface area contributed by atoms with E-state index in [1.54, 1.807) is 0 Å². The van der Waals surface area contributed by atoms with Crippen LogP contribution in [0, 0.1) is 5.89 Å². The zero-order valence-corrected chi connectivity index (χ0v) is 14.0. The number of nitrogens with zero attached hydrogens (tertiary/aromatic N) is 2. The maximum atomic E-state index is 11.7. The highest BCUT2D eigenvalue weighted by Crippen LogP contribution is 2.27. The summed E-state index contributed by atoms with van der Waals surface area (Å²) < 4.78 is 24.5. The average molecular weight is 324 g/mol. The van der Waals surface area contributed by atoms with Crippen molar-refractivity contribution >= 4 is 17.7 Å². The number of rotatable bonds is 4. The van der Waals surface area contributed by atoms with Crippen LogP contribution in [0.15, 0.2) is 6.20 Å². The quantitative estimate of drug-likeness (QED) is 0.671. The Morgan fingerprint density at radius 3 is 2.83 bits per heavy atom. The first-order valence-electron chi connectivity index (χ1n) is 9.14. The number of aliphatic hydroxyl groups excluding tert-OH is 1. The lowest BCUT2D eigenvalue weighted by atomic mass is 9.85. The van der Waals surface area contributed by atoms with E-state index in [0.29, 0.717) is 12.8 Å². The molecule has 1 amide bonds. The highest BCUT2D eigenvalue weighted by Gasteiger charge is 2.27. The Bertz CT molecular complexity index is 691. The van der Waals surface area contributed by atoms with Crippen molar-refractivity contribution in [3.63, 3.8) is 0 Å². The summed E-state index contributed by atoms with van der Waals surface area (Å²) in [6.45, 7) is 7.29. The lowest BCUT2D eigenvalue weighted by Gasteiger charge is -2.32. The van der Waals surface area contributed by atoms with E-state index in [1.807, 2.05) is 20.8 Å². The van der Waals surface area contributed by atoms with Crippen LogP contribution in [-0.2, 0) is 0 Å². The first-order valence-corrected chi connectivity index (χ1v) is 7.64. The number of aromatic nitrogens is 2. The molecule has 7 nitrogen and oxygen atoms in total.